The molecule has 2 atom stereocenters. The van der Waals surface area contributed by atoms with Crippen LogP contribution in [0.25, 0.3) is 5.65 Å². The zero-order valence-electron chi connectivity index (χ0n) is 13.4. The number of aromatic nitrogens is 2. The zero-order valence-corrected chi connectivity index (χ0v) is 13.4. The van der Waals surface area contributed by atoms with Gasteiger partial charge in [-0.1, -0.05) is 18.9 Å². The Balaban J connectivity index is 1.38. The number of amides is 1. The molecule has 0 spiro atoms. The number of pyridine rings is 1. The first-order valence-corrected chi connectivity index (χ1v) is 8.70. The Bertz CT molecular complexity index is 677. The molecule has 3 heterocycles. The normalized spacial score (nSPS) is 27.0. The van der Waals surface area contributed by atoms with Crippen LogP contribution in [0, 0.1) is 11.3 Å². The van der Waals surface area contributed by atoms with Crippen LogP contribution in [-0.4, -0.2) is 34.9 Å². The number of carbonyl (C=O) groups excluding carboxylic acids is 1. The van der Waals surface area contributed by atoms with Crippen LogP contribution in [0.3, 0.4) is 0 Å². The van der Waals surface area contributed by atoms with Gasteiger partial charge in [0.1, 0.15) is 5.65 Å². The average Bonchev–Trinajstić information content (AvgIpc) is 3.18. The SMILES string of the molecule is O=C(NCCc1cn2ccccc2n1)[C@@]12CCCC[C@H]1CNC2. The Labute approximate surface area is 136 Å². The number of hydrogen-bond acceptors (Lipinski definition) is 3. The van der Waals surface area contributed by atoms with Gasteiger partial charge in [-0.3, -0.25) is 4.79 Å². The van der Waals surface area contributed by atoms with Crippen LogP contribution in [0.15, 0.2) is 30.6 Å². The summed E-state index contributed by atoms with van der Waals surface area (Å²) in [5, 5.41) is 6.61. The summed E-state index contributed by atoms with van der Waals surface area (Å²) in [5.74, 6) is 0.766. The van der Waals surface area contributed by atoms with Crippen molar-refractivity contribution in [3.8, 4) is 0 Å². The molecule has 1 amide bonds. The van der Waals surface area contributed by atoms with Crippen LogP contribution in [0.4, 0.5) is 0 Å². The maximum Gasteiger partial charge on any atom is 0.227 e. The second-order valence-corrected chi connectivity index (χ2v) is 6.93. The topological polar surface area (TPSA) is 58.4 Å². The molecule has 5 nitrogen and oxygen atoms in total. The number of imidazole rings is 1. The maximum atomic E-state index is 12.8. The number of carbonyl (C=O) groups is 1. The molecule has 2 aromatic rings. The molecule has 1 saturated carbocycles. The molecule has 2 fully saturated rings. The summed E-state index contributed by atoms with van der Waals surface area (Å²) < 4.78 is 2.02. The number of hydrogen-bond donors (Lipinski definition) is 2. The third-order valence-electron chi connectivity index (χ3n) is 5.57. The fraction of sp³-hybridized carbons (Fsp3) is 0.556. The van der Waals surface area contributed by atoms with Gasteiger partial charge in [-0.25, -0.2) is 4.98 Å². The van der Waals surface area contributed by atoms with Crippen LogP contribution >= 0.6 is 0 Å². The van der Waals surface area contributed by atoms with E-state index in [1.54, 1.807) is 0 Å². The summed E-state index contributed by atoms with van der Waals surface area (Å²) in [7, 11) is 0. The predicted molar refractivity (Wildman–Crippen MR) is 89.2 cm³/mol. The van der Waals surface area contributed by atoms with Crippen LogP contribution in [-0.2, 0) is 11.2 Å². The van der Waals surface area contributed by atoms with Crippen molar-refractivity contribution in [2.75, 3.05) is 19.6 Å². The summed E-state index contributed by atoms with van der Waals surface area (Å²) in [6, 6.07) is 5.98. The molecular formula is C18H24N4O. The number of fused-ring (bicyclic) bond motifs is 2. The molecule has 4 rings (SSSR count). The Kier molecular flexibility index (Phi) is 3.81. The van der Waals surface area contributed by atoms with Crippen molar-refractivity contribution in [2.45, 2.75) is 32.1 Å². The highest BCUT2D eigenvalue weighted by Crippen LogP contribution is 2.43. The quantitative estimate of drug-likeness (QED) is 0.904. The minimum atomic E-state index is -0.156. The molecule has 2 N–H and O–H groups in total. The highest BCUT2D eigenvalue weighted by atomic mass is 16.2. The summed E-state index contributed by atoms with van der Waals surface area (Å²) in [6.07, 6.45) is 9.49. The van der Waals surface area contributed by atoms with Crippen LogP contribution in [0.1, 0.15) is 31.4 Å². The molecule has 0 radical (unpaired) electrons. The Hall–Kier alpha value is -1.88. The van der Waals surface area contributed by atoms with Crippen molar-refractivity contribution in [3.63, 3.8) is 0 Å². The Morgan fingerprint density at radius 2 is 2.39 bits per heavy atom. The molecular weight excluding hydrogens is 288 g/mol. The number of rotatable bonds is 4. The molecule has 23 heavy (non-hydrogen) atoms. The van der Waals surface area contributed by atoms with E-state index in [0.717, 1.165) is 37.3 Å². The summed E-state index contributed by atoms with van der Waals surface area (Å²) in [6.45, 7) is 2.51. The molecule has 2 aromatic heterocycles. The second kappa shape index (κ2) is 5.96. The molecule has 1 aliphatic heterocycles. The average molecular weight is 312 g/mol. The molecule has 0 bridgehead atoms. The van der Waals surface area contributed by atoms with E-state index in [1.165, 1.54) is 19.3 Å². The van der Waals surface area contributed by atoms with Crippen LogP contribution < -0.4 is 10.6 Å². The minimum Gasteiger partial charge on any atom is -0.355 e. The first-order chi connectivity index (χ1) is 11.3. The number of nitrogens with zero attached hydrogens (tertiary/aromatic N) is 2. The summed E-state index contributed by atoms with van der Waals surface area (Å²) in [5.41, 5.74) is 1.83. The fourth-order valence-corrected chi connectivity index (χ4v) is 4.28. The molecule has 2 aliphatic rings. The van der Waals surface area contributed by atoms with Gasteiger partial charge >= 0.3 is 0 Å². The van der Waals surface area contributed by atoms with Crippen LogP contribution in [0.5, 0.6) is 0 Å². The maximum absolute atomic E-state index is 12.8. The molecule has 5 heteroatoms. The molecule has 122 valence electrons. The predicted octanol–water partition coefficient (Wildman–Crippen LogP) is 1.77. The highest BCUT2D eigenvalue weighted by Gasteiger charge is 2.49. The standard InChI is InChI=1S/C18H24N4O/c23-17(18-8-3-1-5-14(18)11-19-13-18)20-9-7-15-12-22-10-4-2-6-16(22)21-15/h2,4,6,10,12,14,19H,1,3,5,7-9,11,13H2,(H,20,23)/t14-,18+/m0/s1. The van der Waals surface area contributed by atoms with Crippen LogP contribution in [0.2, 0.25) is 0 Å². The lowest BCUT2D eigenvalue weighted by atomic mass is 9.67. The fourth-order valence-electron chi connectivity index (χ4n) is 4.28. The van der Waals surface area contributed by atoms with Crippen molar-refractivity contribution in [2.24, 2.45) is 11.3 Å². The van der Waals surface area contributed by atoms with E-state index in [4.69, 9.17) is 0 Å². The first kappa shape index (κ1) is 14.7. The summed E-state index contributed by atoms with van der Waals surface area (Å²) in [4.78, 5) is 17.4. The van der Waals surface area contributed by atoms with E-state index >= 15 is 0 Å². The smallest absolute Gasteiger partial charge is 0.227 e. The van der Waals surface area contributed by atoms with Gasteiger partial charge in [-0.05, 0) is 37.4 Å². The lowest BCUT2D eigenvalue weighted by molar-refractivity contribution is -0.133. The van der Waals surface area contributed by atoms with E-state index in [-0.39, 0.29) is 11.3 Å². The Morgan fingerprint density at radius 3 is 3.30 bits per heavy atom. The highest BCUT2D eigenvalue weighted by molar-refractivity contribution is 5.83. The monoisotopic (exact) mass is 312 g/mol. The van der Waals surface area contributed by atoms with E-state index in [1.807, 2.05) is 35.0 Å². The third-order valence-corrected chi connectivity index (χ3v) is 5.57. The van der Waals surface area contributed by atoms with Crippen molar-refractivity contribution in [1.29, 1.82) is 0 Å². The van der Waals surface area contributed by atoms with Gasteiger partial charge in [0.2, 0.25) is 5.91 Å². The van der Waals surface area contributed by atoms with Gasteiger partial charge < -0.3 is 15.0 Å². The Morgan fingerprint density at radius 1 is 1.43 bits per heavy atom. The zero-order chi connectivity index (χ0) is 15.7. The van der Waals surface area contributed by atoms with Gasteiger partial charge in [0.05, 0.1) is 11.1 Å². The molecule has 0 aromatic carbocycles. The largest absolute Gasteiger partial charge is 0.355 e. The van der Waals surface area contributed by atoms with Gasteiger partial charge in [0, 0.05) is 31.9 Å². The van der Waals surface area contributed by atoms with Gasteiger partial charge in [0.25, 0.3) is 0 Å². The molecule has 0 unspecified atom stereocenters. The van der Waals surface area contributed by atoms with Crippen molar-refractivity contribution >= 4 is 11.6 Å². The van der Waals surface area contributed by atoms with Crippen molar-refractivity contribution in [3.05, 3.63) is 36.3 Å². The van der Waals surface area contributed by atoms with Gasteiger partial charge in [0.15, 0.2) is 0 Å². The second-order valence-electron chi connectivity index (χ2n) is 6.93. The third kappa shape index (κ3) is 2.63. The van der Waals surface area contributed by atoms with E-state index in [0.29, 0.717) is 12.5 Å². The van der Waals surface area contributed by atoms with E-state index in [2.05, 4.69) is 15.6 Å². The lowest BCUT2D eigenvalue weighted by Gasteiger charge is -2.37. The molecule has 1 aliphatic carbocycles. The van der Waals surface area contributed by atoms with E-state index in [9.17, 15) is 4.79 Å². The number of nitrogens with one attached hydrogen (secondary N) is 2. The van der Waals surface area contributed by atoms with Crippen molar-refractivity contribution in [1.82, 2.24) is 20.0 Å². The van der Waals surface area contributed by atoms with Crippen molar-refractivity contribution < 1.29 is 4.79 Å². The summed E-state index contributed by atoms with van der Waals surface area (Å²) >= 11 is 0. The van der Waals surface area contributed by atoms with Gasteiger partial charge in [-0.2, -0.15) is 0 Å². The minimum absolute atomic E-state index is 0.156. The first-order valence-electron chi connectivity index (χ1n) is 8.70. The lowest BCUT2D eigenvalue weighted by Crippen LogP contribution is -2.48. The van der Waals surface area contributed by atoms with Gasteiger partial charge in [-0.15, -0.1) is 0 Å². The molecule has 1 saturated heterocycles. The van der Waals surface area contributed by atoms with E-state index < -0.39 is 0 Å².